The van der Waals surface area contributed by atoms with E-state index in [0.29, 0.717) is 5.60 Å². The molecular weight excluding hydrogens is 272 g/mol. The lowest BCUT2D eigenvalue weighted by Crippen LogP contribution is -2.60. The Labute approximate surface area is 133 Å². The van der Waals surface area contributed by atoms with Crippen molar-refractivity contribution < 1.29 is 4.43 Å². The zero-order chi connectivity index (χ0) is 15.4. The molecule has 0 N–H and O–H groups in total. The Kier molecular flexibility index (Phi) is 4.10. The minimum atomic E-state index is -1.71. The van der Waals surface area contributed by atoms with Gasteiger partial charge < -0.3 is 4.43 Å². The molecule has 4 aliphatic rings. The van der Waals surface area contributed by atoms with Crippen LogP contribution in [0.2, 0.25) is 16.6 Å². The van der Waals surface area contributed by atoms with Gasteiger partial charge in [0.2, 0.25) is 8.32 Å². The summed E-state index contributed by atoms with van der Waals surface area (Å²) in [5.41, 5.74) is 2.47. The van der Waals surface area contributed by atoms with Crippen molar-refractivity contribution in [1.82, 2.24) is 0 Å². The van der Waals surface area contributed by atoms with Crippen molar-refractivity contribution in [2.75, 3.05) is 0 Å². The Morgan fingerprint density at radius 3 is 1.33 bits per heavy atom. The molecule has 4 bridgehead atoms. The van der Waals surface area contributed by atoms with E-state index in [1.54, 1.807) is 0 Å². The quantitative estimate of drug-likeness (QED) is 0.554. The summed E-state index contributed by atoms with van der Waals surface area (Å²) < 4.78 is 7.36. The molecule has 21 heavy (non-hydrogen) atoms. The van der Waals surface area contributed by atoms with Gasteiger partial charge in [0, 0.05) is 0 Å². The maximum Gasteiger partial charge on any atom is 0.201 e. The van der Waals surface area contributed by atoms with Gasteiger partial charge in [-0.05, 0) is 72.9 Å². The molecule has 2 heteroatoms. The highest BCUT2D eigenvalue weighted by Gasteiger charge is 2.57. The van der Waals surface area contributed by atoms with Crippen LogP contribution in [0, 0.1) is 17.8 Å². The highest BCUT2D eigenvalue weighted by Crippen LogP contribution is 2.59. The Balaban J connectivity index is 1.89. The molecule has 0 heterocycles. The average Bonchev–Trinajstić information content (AvgIpc) is 2.32. The third-order valence-electron chi connectivity index (χ3n) is 7.08. The largest absolute Gasteiger partial charge is 0.411 e. The normalized spacial score (nSPS) is 39.0. The zero-order valence-electron chi connectivity index (χ0n) is 15.1. The fourth-order valence-corrected chi connectivity index (χ4v) is 12.6. The molecule has 0 saturated heterocycles. The van der Waals surface area contributed by atoms with E-state index in [0.717, 1.165) is 34.4 Å². The molecule has 4 saturated carbocycles. The second-order valence-electron chi connectivity index (χ2n) is 9.52. The van der Waals surface area contributed by atoms with Gasteiger partial charge in [0.1, 0.15) is 0 Å². The topological polar surface area (TPSA) is 9.23 Å². The van der Waals surface area contributed by atoms with Crippen molar-refractivity contribution in [3.8, 4) is 0 Å². The smallest absolute Gasteiger partial charge is 0.201 e. The average molecular weight is 309 g/mol. The molecule has 4 aliphatic carbocycles. The van der Waals surface area contributed by atoms with Crippen molar-refractivity contribution in [1.29, 1.82) is 0 Å². The molecule has 0 unspecified atom stereocenters. The maximum atomic E-state index is 7.36. The summed E-state index contributed by atoms with van der Waals surface area (Å²) in [5.74, 6) is 2.98. The van der Waals surface area contributed by atoms with E-state index >= 15 is 0 Å². The van der Waals surface area contributed by atoms with Gasteiger partial charge in [-0.2, -0.15) is 0 Å². The van der Waals surface area contributed by atoms with E-state index < -0.39 is 8.32 Å². The van der Waals surface area contributed by atoms with E-state index in [1.165, 1.54) is 38.5 Å². The molecule has 1 nitrogen and oxygen atoms in total. The van der Waals surface area contributed by atoms with Crippen LogP contribution in [0.3, 0.4) is 0 Å². The van der Waals surface area contributed by atoms with E-state index in [-0.39, 0.29) is 0 Å². The minimum absolute atomic E-state index is 0.291. The van der Waals surface area contributed by atoms with Crippen molar-refractivity contribution >= 4 is 8.32 Å². The predicted octanol–water partition coefficient (Wildman–Crippen LogP) is 6.15. The molecule has 0 spiro atoms. The van der Waals surface area contributed by atoms with Crippen LogP contribution in [0.5, 0.6) is 0 Å². The molecule has 122 valence electrons. The molecule has 0 atom stereocenters. The van der Waals surface area contributed by atoms with Crippen LogP contribution >= 0.6 is 0 Å². The van der Waals surface area contributed by atoms with Gasteiger partial charge in [0.15, 0.2) is 0 Å². The first-order chi connectivity index (χ1) is 9.77. The highest BCUT2D eigenvalue weighted by atomic mass is 28.4. The van der Waals surface area contributed by atoms with Crippen LogP contribution in [0.4, 0.5) is 0 Å². The third kappa shape index (κ3) is 2.55. The molecule has 4 fully saturated rings. The summed E-state index contributed by atoms with van der Waals surface area (Å²) in [4.78, 5) is 0. The van der Waals surface area contributed by atoms with Crippen molar-refractivity contribution in [2.45, 2.75) is 102 Å². The second-order valence-corrected chi connectivity index (χ2v) is 14.9. The molecule has 4 rings (SSSR count). The van der Waals surface area contributed by atoms with Gasteiger partial charge in [-0.15, -0.1) is 0 Å². The van der Waals surface area contributed by atoms with E-state index in [9.17, 15) is 0 Å². The van der Waals surface area contributed by atoms with Crippen molar-refractivity contribution in [3.05, 3.63) is 0 Å². The Hall–Kier alpha value is 0.177. The summed E-state index contributed by atoms with van der Waals surface area (Å²) in [6.07, 6.45) is 8.71. The standard InChI is InChI=1S/C19H36OSi/c1-13(2)21(14(3)4,15(5)6)20-19-10-16-7-17(11-19)9-18(8-16)12-19/h13-18H,7-12H2,1-6H3. The Bertz CT molecular complexity index is 328. The highest BCUT2D eigenvalue weighted by molar-refractivity contribution is 6.77. The van der Waals surface area contributed by atoms with Gasteiger partial charge in [-0.3, -0.25) is 0 Å². The first-order valence-electron chi connectivity index (χ1n) is 9.47. The SMILES string of the molecule is CC(C)[Si](OC12CC3CC(CC(C3)C1)C2)(C(C)C)C(C)C. The number of rotatable bonds is 5. The first kappa shape index (κ1) is 16.0. The molecule has 0 aliphatic heterocycles. The number of hydrogen-bond donors (Lipinski definition) is 0. The molecule has 0 aromatic carbocycles. The van der Waals surface area contributed by atoms with Crippen LogP contribution in [-0.2, 0) is 4.43 Å². The number of hydrogen-bond acceptors (Lipinski definition) is 1. The van der Waals surface area contributed by atoms with E-state index in [2.05, 4.69) is 41.5 Å². The molecule has 0 aromatic rings. The maximum absolute atomic E-state index is 7.36. The van der Waals surface area contributed by atoms with E-state index in [1.807, 2.05) is 0 Å². The van der Waals surface area contributed by atoms with Gasteiger partial charge in [0.25, 0.3) is 0 Å². The van der Waals surface area contributed by atoms with Crippen molar-refractivity contribution in [3.63, 3.8) is 0 Å². The van der Waals surface area contributed by atoms with E-state index in [4.69, 9.17) is 4.43 Å². The van der Waals surface area contributed by atoms with Gasteiger partial charge >= 0.3 is 0 Å². The molecule has 0 aromatic heterocycles. The summed E-state index contributed by atoms with van der Waals surface area (Å²) >= 11 is 0. The third-order valence-corrected chi connectivity index (χ3v) is 13.3. The lowest BCUT2D eigenvalue weighted by Gasteiger charge is -2.60. The van der Waals surface area contributed by atoms with Crippen LogP contribution in [0.1, 0.15) is 80.1 Å². The van der Waals surface area contributed by atoms with Crippen LogP contribution in [0.15, 0.2) is 0 Å². The Morgan fingerprint density at radius 1 is 0.714 bits per heavy atom. The summed E-state index contributed by atoms with van der Waals surface area (Å²) in [6.45, 7) is 14.6. The van der Waals surface area contributed by atoms with Gasteiger partial charge in [-0.25, -0.2) is 0 Å². The molecule has 0 amide bonds. The lowest BCUT2D eigenvalue weighted by molar-refractivity contribution is -0.116. The van der Waals surface area contributed by atoms with Crippen LogP contribution < -0.4 is 0 Å². The zero-order valence-corrected chi connectivity index (χ0v) is 16.1. The second kappa shape index (κ2) is 5.37. The molecular formula is C19H36OSi. The van der Waals surface area contributed by atoms with Crippen LogP contribution in [0.25, 0.3) is 0 Å². The summed E-state index contributed by atoms with van der Waals surface area (Å²) in [7, 11) is -1.71. The Morgan fingerprint density at radius 2 is 1.05 bits per heavy atom. The summed E-state index contributed by atoms with van der Waals surface area (Å²) in [5, 5.41) is 0. The monoisotopic (exact) mass is 308 g/mol. The van der Waals surface area contributed by atoms with Gasteiger partial charge in [0.05, 0.1) is 5.60 Å². The fourth-order valence-electron chi connectivity index (χ4n) is 6.88. The fraction of sp³-hybridized carbons (Fsp3) is 1.00. The summed E-state index contributed by atoms with van der Waals surface area (Å²) in [6, 6.07) is 0. The minimum Gasteiger partial charge on any atom is -0.411 e. The van der Waals surface area contributed by atoms with Crippen molar-refractivity contribution in [2.24, 2.45) is 17.8 Å². The van der Waals surface area contributed by atoms with Crippen LogP contribution in [-0.4, -0.2) is 13.9 Å². The first-order valence-corrected chi connectivity index (χ1v) is 11.6. The lowest BCUT2D eigenvalue weighted by atomic mass is 9.54. The molecule has 0 radical (unpaired) electrons. The predicted molar refractivity (Wildman–Crippen MR) is 93.0 cm³/mol. The van der Waals surface area contributed by atoms with Gasteiger partial charge in [-0.1, -0.05) is 41.5 Å².